The Morgan fingerprint density at radius 2 is 2.25 bits per heavy atom. The molecule has 0 radical (unpaired) electrons. The average molecular weight is 285 g/mol. The number of aromatic nitrogens is 2. The third-order valence-corrected chi connectivity index (χ3v) is 3.67. The summed E-state index contributed by atoms with van der Waals surface area (Å²) in [5, 5.41) is 2.98. The second-order valence-corrected chi connectivity index (χ2v) is 5.54. The maximum atomic E-state index is 4.53. The van der Waals surface area contributed by atoms with E-state index in [1.165, 1.54) is 12.8 Å². The molecule has 0 saturated carbocycles. The Morgan fingerprint density at radius 1 is 1.50 bits per heavy atom. The number of hydrogen-bond donors (Lipinski definition) is 1. The van der Waals surface area contributed by atoms with Crippen molar-refractivity contribution in [3.05, 3.63) is 10.7 Å². The molecule has 1 N–H and O–H groups in total. The first-order chi connectivity index (χ1) is 7.54. The number of nitrogens with one attached hydrogen (secondary N) is 1. The van der Waals surface area contributed by atoms with Gasteiger partial charge in [-0.1, -0.05) is 0 Å². The predicted molar refractivity (Wildman–Crippen MR) is 69.9 cm³/mol. The van der Waals surface area contributed by atoms with Crippen molar-refractivity contribution in [2.75, 3.05) is 23.8 Å². The van der Waals surface area contributed by atoms with Crippen LogP contribution in [0, 0.1) is 0 Å². The minimum absolute atomic E-state index is 0.182. The van der Waals surface area contributed by atoms with E-state index in [9.17, 15) is 0 Å². The van der Waals surface area contributed by atoms with E-state index in [0.29, 0.717) is 5.95 Å². The molecule has 2 heterocycles. The Labute approximate surface area is 105 Å². The average Bonchev–Trinajstić information content (AvgIpc) is 2.59. The van der Waals surface area contributed by atoms with Crippen molar-refractivity contribution in [2.24, 2.45) is 0 Å². The van der Waals surface area contributed by atoms with Crippen LogP contribution in [0.4, 0.5) is 11.8 Å². The summed E-state index contributed by atoms with van der Waals surface area (Å²) in [4.78, 5) is 11.1. The fraction of sp³-hybridized carbons (Fsp3) is 0.636. The lowest BCUT2D eigenvalue weighted by Crippen LogP contribution is -2.39. The molecule has 2 rings (SSSR count). The molecule has 1 saturated heterocycles. The molecular weight excluding hydrogens is 268 g/mol. The van der Waals surface area contributed by atoms with Crippen LogP contribution in [-0.2, 0) is 0 Å². The molecule has 1 aromatic heterocycles. The van der Waals surface area contributed by atoms with Crippen LogP contribution in [0.5, 0.6) is 0 Å². The summed E-state index contributed by atoms with van der Waals surface area (Å²) in [7, 11) is 1.84. The van der Waals surface area contributed by atoms with Crippen LogP contribution < -0.4 is 10.2 Å². The highest BCUT2D eigenvalue weighted by Gasteiger charge is 2.34. The van der Waals surface area contributed by atoms with Gasteiger partial charge >= 0.3 is 0 Å². The molecule has 0 bridgehead atoms. The van der Waals surface area contributed by atoms with Gasteiger partial charge in [0.25, 0.3) is 0 Å². The standard InChI is InChI=1S/C11H17BrN4/c1-11(2)5-4-6-16(11)9-8(12)7-14-10(13-3)15-9/h7H,4-6H2,1-3H3,(H,13,14,15). The highest BCUT2D eigenvalue weighted by Crippen LogP contribution is 2.36. The van der Waals surface area contributed by atoms with Gasteiger partial charge in [-0.3, -0.25) is 0 Å². The largest absolute Gasteiger partial charge is 0.357 e. The van der Waals surface area contributed by atoms with Gasteiger partial charge in [-0.15, -0.1) is 0 Å². The van der Waals surface area contributed by atoms with Gasteiger partial charge in [0, 0.05) is 25.3 Å². The fourth-order valence-corrected chi connectivity index (χ4v) is 2.57. The summed E-state index contributed by atoms with van der Waals surface area (Å²) in [5.74, 6) is 1.66. The quantitative estimate of drug-likeness (QED) is 0.907. The predicted octanol–water partition coefficient (Wildman–Crippen LogP) is 2.66. The van der Waals surface area contributed by atoms with E-state index in [2.05, 4.69) is 50.0 Å². The van der Waals surface area contributed by atoms with E-state index in [4.69, 9.17) is 0 Å². The van der Waals surface area contributed by atoms with Gasteiger partial charge in [0.1, 0.15) is 5.82 Å². The third kappa shape index (κ3) is 2.00. The molecule has 88 valence electrons. The second kappa shape index (κ2) is 4.20. The van der Waals surface area contributed by atoms with Gasteiger partial charge in [-0.25, -0.2) is 4.98 Å². The van der Waals surface area contributed by atoms with E-state index < -0.39 is 0 Å². The summed E-state index contributed by atoms with van der Waals surface area (Å²) >= 11 is 3.53. The molecular formula is C11H17BrN4. The van der Waals surface area contributed by atoms with Crippen molar-refractivity contribution in [2.45, 2.75) is 32.2 Å². The molecule has 1 aliphatic heterocycles. The van der Waals surface area contributed by atoms with Gasteiger partial charge in [-0.2, -0.15) is 4.98 Å². The lowest BCUT2D eigenvalue weighted by atomic mass is 10.0. The molecule has 1 aromatic rings. The first-order valence-corrected chi connectivity index (χ1v) is 6.32. The van der Waals surface area contributed by atoms with Crippen molar-refractivity contribution < 1.29 is 0 Å². The zero-order valence-electron chi connectivity index (χ0n) is 9.92. The first kappa shape index (κ1) is 11.6. The molecule has 0 aliphatic carbocycles. The van der Waals surface area contributed by atoms with E-state index >= 15 is 0 Å². The summed E-state index contributed by atoms with van der Waals surface area (Å²) < 4.78 is 0.960. The zero-order chi connectivity index (χ0) is 11.8. The molecule has 4 nitrogen and oxygen atoms in total. The summed E-state index contributed by atoms with van der Waals surface area (Å²) in [5.41, 5.74) is 0.182. The van der Waals surface area contributed by atoms with Crippen LogP contribution >= 0.6 is 15.9 Å². The van der Waals surface area contributed by atoms with E-state index in [-0.39, 0.29) is 5.54 Å². The van der Waals surface area contributed by atoms with Crippen LogP contribution in [-0.4, -0.2) is 29.1 Å². The summed E-state index contributed by atoms with van der Waals surface area (Å²) in [6, 6.07) is 0. The van der Waals surface area contributed by atoms with Gasteiger partial charge in [0.2, 0.25) is 5.95 Å². The van der Waals surface area contributed by atoms with E-state index in [1.807, 2.05) is 13.2 Å². The highest BCUT2D eigenvalue weighted by molar-refractivity contribution is 9.10. The monoisotopic (exact) mass is 284 g/mol. The maximum absolute atomic E-state index is 4.53. The number of anilines is 2. The Balaban J connectivity index is 2.39. The topological polar surface area (TPSA) is 41.1 Å². The van der Waals surface area contributed by atoms with Crippen LogP contribution in [0.1, 0.15) is 26.7 Å². The number of rotatable bonds is 2. The number of nitrogens with zero attached hydrogens (tertiary/aromatic N) is 3. The lowest BCUT2D eigenvalue weighted by molar-refractivity contribution is 0.513. The first-order valence-electron chi connectivity index (χ1n) is 5.52. The van der Waals surface area contributed by atoms with Gasteiger partial charge in [-0.05, 0) is 42.6 Å². The Kier molecular flexibility index (Phi) is 3.06. The van der Waals surface area contributed by atoms with Crippen molar-refractivity contribution in [1.29, 1.82) is 0 Å². The molecule has 1 fully saturated rings. The van der Waals surface area contributed by atoms with Gasteiger partial charge in [0.05, 0.1) is 4.47 Å². The SMILES string of the molecule is CNc1ncc(Br)c(N2CCCC2(C)C)n1. The van der Waals surface area contributed by atoms with Crippen LogP contribution in [0.3, 0.4) is 0 Å². The smallest absolute Gasteiger partial charge is 0.224 e. The fourth-order valence-electron chi connectivity index (χ4n) is 2.17. The van der Waals surface area contributed by atoms with Crippen molar-refractivity contribution in [3.8, 4) is 0 Å². The van der Waals surface area contributed by atoms with Crippen LogP contribution in [0.25, 0.3) is 0 Å². The highest BCUT2D eigenvalue weighted by atomic mass is 79.9. The molecule has 0 unspecified atom stereocenters. The lowest BCUT2D eigenvalue weighted by Gasteiger charge is -2.33. The van der Waals surface area contributed by atoms with E-state index in [1.54, 1.807) is 0 Å². The summed E-state index contributed by atoms with van der Waals surface area (Å²) in [6.45, 7) is 5.58. The third-order valence-electron chi connectivity index (χ3n) is 3.11. The molecule has 16 heavy (non-hydrogen) atoms. The van der Waals surface area contributed by atoms with Crippen LogP contribution in [0.2, 0.25) is 0 Å². The van der Waals surface area contributed by atoms with Gasteiger partial charge < -0.3 is 10.2 Å². The van der Waals surface area contributed by atoms with Crippen molar-refractivity contribution in [1.82, 2.24) is 9.97 Å². The number of halogens is 1. The molecule has 0 atom stereocenters. The molecule has 0 aromatic carbocycles. The van der Waals surface area contributed by atoms with Crippen molar-refractivity contribution in [3.63, 3.8) is 0 Å². The van der Waals surface area contributed by atoms with Gasteiger partial charge in [0.15, 0.2) is 0 Å². The van der Waals surface area contributed by atoms with E-state index in [0.717, 1.165) is 16.8 Å². The summed E-state index contributed by atoms with van der Waals surface area (Å²) in [6.07, 6.45) is 4.24. The number of hydrogen-bond acceptors (Lipinski definition) is 4. The molecule has 0 amide bonds. The Hall–Kier alpha value is -0.840. The normalized spacial score (nSPS) is 18.9. The molecule has 0 spiro atoms. The molecule has 1 aliphatic rings. The zero-order valence-corrected chi connectivity index (χ0v) is 11.5. The second-order valence-electron chi connectivity index (χ2n) is 4.68. The van der Waals surface area contributed by atoms with Crippen LogP contribution in [0.15, 0.2) is 10.7 Å². The Bertz CT molecular complexity index is 392. The van der Waals surface area contributed by atoms with Crippen molar-refractivity contribution >= 4 is 27.7 Å². The Morgan fingerprint density at radius 3 is 2.81 bits per heavy atom. The maximum Gasteiger partial charge on any atom is 0.224 e. The minimum atomic E-state index is 0.182. The minimum Gasteiger partial charge on any atom is -0.357 e. The molecule has 5 heteroatoms.